The third kappa shape index (κ3) is 6.95. The molecule has 1 unspecified atom stereocenters. The van der Waals surface area contributed by atoms with Crippen LogP contribution in [0.15, 0.2) is 0 Å². The third-order valence-corrected chi connectivity index (χ3v) is 3.56. The van der Waals surface area contributed by atoms with Crippen molar-refractivity contribution >= 4 is 23.8 Å². The van der Waals surface area contributed by atoms with Crippen LogP contribution in [0.2, 0.25) is 0 Å². The van der Waals surface area contributed by atoms with E-state index in [9.17, 15) is 19.2 Å². The quantitative estimate of drug-likeness (QED) is 0.400. The van der Waals surface area contributed by atoms with Crippen LogP contribution in [0, 0.1) is 0 Å². The molecular weight excluding hydrogens is 318 g/mol. The molecule has 2 amide bonds. The van der Waals surface area contributed by atoms with E-state index in [-0.39, 0.29) is 37.2 Å². The Bertz CT molecular complexity index is 468. The number of nitrogens with zero attached hydrogens (tertiary/aromatic N) is 1. The van der Waals surface area contributed by atoms with Gasteiger partial charge in [-0.3, -0.25) is 24.1 Å². The lowest BCUT2D eigenvalue weighted by molar-refractivity contribution is -0.146. The second-order valence-electron chi connectivity index (χ2n) is 5.32. The van der Waals surface area contributed by atoms with Gasteiger partial charge in [-0.25, -0.2) is 0 Å². The molecular formula is C15H25N3O6. The van der Waals surface area contributed by atoms with Gasteiger partial charge in [-0.05, 0) is 13.3 Å². The normalized spacial score (nSPS) is 17.8. The van der Waals surface area contributed by atoms with Crippen molar-refractivity contribution in [3.63, 3.8) is 0 Å². The monoisotopic (exact) mass is 343 g/mol. The van der Waals surface area contributed by atoms with E-state index in [1.807, 2.05) is 0 Å². The second kappa shape index (κ2) is 10.6. The molecule has 0 aromatic heterocycles. The molecule has 136 valence electrons. The molecule has 0 radical (unpaired) electrons. The predicted octanol–water partition coefficient (Wildman–Crippen LogP) is -1.19. The van der Waals surface area contributed by atoms with Gasteiger partial charge in [0.15, 0.2) is 0 Å². The number of ether oxygens (including phenoxy) is 2. The zero-order chi connectivity index (χ0) is 17.9. The van der Waals surface area contributed by atoms with Crippen molar-refractivity contribution in [2.45, 2.75) is 32.2 Å². The number of rotatable bonds is 9. The van der Waals surface area contributed by atoms with E-state index in [0.29, 0.717) is 32.7 Å². The number of piperazine rings is 1. The molecule has 1 saturated heterocycles. The van der Waals surface area contributed by atoms with Gasteiger partial charge in [0.05, 0.1) is 26.7 Å². The van der Waals surface area contributed by atoms with Gasteiger partial charge in [0.2, 0.25) is 11.8 Å². The fourth-order valence-corrected chi connectivity index (χ4v) is 2.35. The topological polar surface area (TPSA) is 114 Å². The van der Waals surface area contributed by atoms with Crippen LogP contribution >= 0.6 is 0 Å². The minimum Gasteiger partial charge on any atom is -0.469 e. The van der Waals surface area contributed by atoms with Crippen LogP contribution in [0.4, 0.5) is 0 Å². The van der Waals surface area contributed by atoms with E-state index >= 15 is 0 Å². The summed E-state index contributed by atoms with van der Waals surface area (Å²) in [7, 11) is 1.25. The van der Waals surface area contributed by atoms with Crippen molar-refractivity contribution < 1.29 is 28.7 Å². The van der Waals surface area contributed by atoms with Crippen LogP contribution in [-0.2, 0) is 28.7 Å². The fourth-order valence-electron chi connectivity index (χ4n) is 2.35. The molecule has 0 spiro atoms. The van der Waals surface area contributed by atoms with E-state index in [4.69, 9.17) is 4.74 Å². The summed E-state index contributed by atoms with van der Waals surface area (Å²) in [5.41, 5.74) is 0. The summed E-state index contributed by atoms with van der Waals surface area (Å²) < 4.78 is 9.38. The second-order valence-corrected chi connectivity index (χ2v) is 5.32. The highest BCUT2D eigenvalue weighted by atomic mass is 16.5. The van der Waals surface area contributed by atoms with Crippen LogP contribution in [0.25, 0.3) is 0 Å². The van der Waals surface area contributed by atoms with Crippen LogP contribution < -0.4 is 10.6 Å². The minimum absolute atomic E-state index is 0.00842. The number of carbonyl (C=O) groups excluding carboxylic acids is 4. The van der Waals surface area contributed by atoms with Crippen molar-refractivity contribution in [1.82, 2.24) is 15.5 Å². The maximum atomic E-state index is 12.0. The maximum absolute atomic E-state index is 12.0. The molecule has 1 fully saturated rings. The summed E-state index contributed by atoms with van der Waals surface area (Å²) in [5, 5.41) is 5.36. The molecule has 0 bridgehead atoms. The van der Waals surface area contributed by atoms with Crippen LogP contribution in [0.1, 0.15) is 26.2 Å². The average molecular weight is 343 g/mol. The first kappa shape index (κ1) is 19.9. The van der Waals surface area contributed by atoms with Crippen molar-refractivity contribution in [2.24, 2.45) is 0 Å². The Morgan fingerprint density at radius 3 is 2.75 bits per heavy atom. The molecule has 1 aliphatic rings. The Morgan fingerprint density at radius 2 is 2.08 bits per heavy atom. The number of hydrogen-bond acceptors (Lipinski definition) is 7. The molecule has 0 aromatic carbocycles. The van der Waals surface area contributed by atoms with E-state index in [2.05, 4.69) is 15.4 Å². The number of nitrogens with one attached hydrogen (secondary N) is 2. The molecule has 0 saturated carbocycles. The van der Waals surface area contributed by atoms with Crippen molar-refractivity contribution in [3.8, 4) is 0 Å². The summed E-state index contributed by atoms with van der Waals surface area (Å²) in [6, 6.07) is -0.712. The Kier molecular flexibility index (Phi) is 8.77. The average Bonchev–Trinajstić information content (AvgIpc) is 2.55. The maximum Gasteiger partial charge on any atom is 0.307 e. The Morgan fingerprint density at radius 1 is 1.33 bits per heavy atom. The van der Waals surface area contributed by atoms with Gasteiger partial charge in [0.1, 0.15) is 6.04 Å². The Balaban J connectivity index is 2.38. The van der Waals surface area contributed by atoms with Crippen LogP contribution in [0.3, 0.4) is 0 Å². The Labute approximate surface area is 141 Å². The first-order valence-corrected chi connectivity index (χ1v) is 7.98. The van der Waals surface area contributed by atoms with Crippen molar-refractivity contribution in [1.29, 1.82) is 0 Å². The van der Waals surface area contributed by atoms with Gasteiger partial charge in [0.25, 0.3) is 0 Å². The number of methoxy groups -OCH3 is 1. The molecule has 1 heterocycles. The van der Waals surface area contributed by atoms with Crippen molar-refractivity contribution in [3.05, 3.63) is 0 Å². The Hall–Kier alpha value is -2.16. The van der Waals surface area contributed by atoms with Gasteiger partial charge in [-0.1, -0.05) is 0 Å². The van der Waals surface area contributed by atoms with Crippen LogP contribution in [-0.4, -0.2) is 74.6 Å². The van der Waals surface area contributed by atoms with Gasteiger partial charge < -0.3 is 20.1 Å². The first-order valence-electron chi connectivity index (χ1n) is 7.98. The van der Waals surface area contributed by atoms with E-state index in [0.717, 1.165) is 0 Å². The largest absolute Gasteiger partial charge is 0.469 e. The van der Waals surface area contributed by atoms with Gasteiger partial charge in [0, 0.05) is 26.1 Å². The number of hydrogen-bond donors (Lipinski definition) is 2. The molecule has 9 nitrogen and oxygen atoms in total. The lowest BCUT2D eigenvalue weighted by Gasteiger charge is -2.33. The highest BCUT2D eigenvalue weighted by Gasteiger charge is 2.32. The highest BCUT2D eigenvalue weighted by Crippen LogP contribution is 2.09. The molecule has 9 heteroatoms. The molecule has 1 rings (SSSR count). The fraction of sp³-hybridized carbons (Fsp3) is 0.733. The zero-order valence-electron chi connectivity index (χ0n) is 14.1. The van der Waals surface area contributed by atoms with E-state index < -0.39 is 12.0 Å². The molecule has 2 N–H and O–H groups in total. The van der Waals surface area contributed by atoms with Crippen LogP contribution in [0.5, 0.6) is 0 Å². The molecule has 1 aliphatic heterocycles. The van der Waals surface area contributed by atoms with E-state index in [1.165, 1.54) is 7.11 Å². The molecule has 1 atom stereocenters. The van der Waals surface area contributed by atoms with E-state index in [1.54, 1.807) is 11.8 Å². The van der Waals surface area contributed by atoms with Crippen molar-refractivity contribution in [2.75, 3.05) is 39.9 Å². The molecule has 0 aliphatic carbocycles. The lowest BCUT2D eigenvalue weighted by Crippen LogP contribution is -2.58. The summed E-state index contributed by atoms with van der Waals surface area (Å²) >= 11 is 0. The predicted molar refractivity (Wildman–Crippen MR) is 83.9 cm³/mol. The van der Waals surface area contributed by atoms with Gasteiger partial charge >= 0.3 is 11.9 Å². The molecule has 24 heavy (non-hydrogen) atoms. The highest BCUT2D eigenvalue weighted by molar-refractivity contribution is 5.88. The summed E-state index contributed by atoms with van der Waals surface area (Å²) in [4.78, 5) is 48.1. The zero-order valence-corrected chi connectivity index (χ0v) is 14.1. The standard InChI is InChI=1S/C15H25N3O6/c1-3-24-13(20)5-4-6-16-12(19)10-18-8-7-17-15(22)11(18)9-14(21)23-2/h11H,3-10H2,1-2H3,(H,16,19)(H,17,22). The smallest absolute Gasteiger partial charge is 0.307 e. The number of esters is 2. The number of amides is 2. The van der Waals surface area contributed by atoms with Gasteiger partial charge in [-0.15, -0.1) is 0 Å². The summed E-state index contributed by atoms with van der Waals surface area (Å²) in [6.07, 6.45) is 0.625. The number of carbonyl (C=O) groups is 4. The molecule has 0 aromatic rings. The van der Waals surface area contributed by atoms with Gasteiger partial charge in [-0.2, -0.15) is 0 Å². The summed E-state index contributed by atoms with van der Waals surface area (Å²) in [6.45, 7) is 3.33. The SMILES string of the molecule is CCOC(=O)CCCNC(=O)CN1CCNC(=O)C1CC(=O)OC. The minimum atomic E-state index is -0.712. The third-order valence-electron chi connectivity index (χ3n) is 3.56. The summed E-state index contributed by atoms with van der Waals surface area (Å²) in [5.74, 6) is -1.35. The first-order chi connectivity index (χ1) is 11.5. The lowest BCUT2D eigenvalue weighted by atomic mass is 10.1.